The number of hydroxylamine groups is 1. The van der Waals surface area contributed by atoms with Crippen molar-refractivity contribution in [2.24, 2.45) is 4.99 Å². The Kier molecular flexibility index (Phi) is 6.60. The number of amidine groups is 1. The van der Waals surface area contributed by atoms with Crippen LogP contribution in [0.2, 0.25) is 0 Å². The van der Waals surface area contributed by atoms with E-state index < -0.39 is 11.8 Å². The number of carbonyl (C=O) groups is 1. The van der Waals surface area contributed by atoms with Gasteiger partial charge in [0.15, 0.2) is 11.5 Å². The lowest BCUT2D eigenvalue weighted by Crippen LogP contribution is -2.41. The summed E-state index contributed by atoms with van der Waals surface area (Å²) in [6.07, 6.45) is 3.55. The molecule has 1 aliphatic carbocycles. The predicted molar refractivity (Wildman–Crippen MR) is 102 cm³/mol. The highest BCUT2D eigenvalue weighted by Crippen LogP contribution is 2.24. The zero-order chi connectivity index (χ0) is 20.1. The molecule has 1 heterocycles. The van der Waals surface area contributed by atoms with Crippen LogP contribution in [0.3, 0.4) is 0 Å². The van der Waals surface area contributed by atoms with Gasteiger partial charge >= 0.3 is 6.03 Å². The quantitative estimate of drug-likeness (QED) is 0.273. The number of anilines is 1. The highest BCUT2D eigenvalue weighted by Gasteiger charge is 2.22. The fourth-order valence-corrected chi connectivity index (χ4v) is 3.24. The number of carbonyl (C=O) groups excluding carboxylic acids is 1. The highest BCUT2D eigenvalue weighted by atomic mass is 79.9. The first kappa shape index (κ1) is 20.2. The molecule has 0 atom stereocenters. The molecule has 0 aliphatic heterocycles. The molecule has 3 rings (SSSR count). The number of urea groups is 1. The molecule has 1 aromatic heterocycles. The second-order valence-electron chi connectivity index (χ2n) is 6.35. The van der Waals surface area contributed by atoms with Crippen LogP contribution < -0.4 is 16.1 Å². The largest absolute Gasteiger partial charge is 0.393 e. The van der Waals surface area contributed by atoms with Gasteiger partial charge in [0.1, 0.15) is 17.8 Å². The number of aliphatic hydroxyl groups is 1. The first-order valence-electron chi connectivity index (χ1n) is 8.60. The van der Waals surface area contributed by atoms with Crippen LogP contribution in [0.5, 0.6) is 0 Å². The van der Waals surface area contributed by atoms with Crippen molar-refractivity contribution in [3.05, 3.63) is 40.4 Å². The van der Waals surface area contributed by atoms with Crippen molar-refractivity contribution in [3.63, 3.8) is 0 Å². The normalized spacial score (nSPS) is 19.9. The van der Waals surface area contributed by atoms with Gasteiger partial charge in [-0.1, -0.05) is 5.16 Å². The van der Waals surface area contributed by atoms with E-state index in [9.17, 15) is 19.5 Å². The van der Waals surface area contributed by atoms with Crippen molar-refractivity contribution < 1.29 is 24.0 Å². The molecule has 150 valence electrons. The molecule has 0 radical (unpaired) electrons. The molecule has 2 aromatic rings. The monoisotopic (exact) mass is 455 g/mol. The number of nitrogens with zero attached hydrogens (tertiary/aromatic N) is 2. The third kappa shape index (κ3) is 5.06. The maximum atomic E-state index is 13.4. The number of hydrogen-bond donors (Lipinski definition) is 5. The average Bonchev–Trinajstić information content (AvgIpc) is 3.12. The number of hydrogen-bond acceptors (Lipinski definition) is 6. The Bertz CT molecular complexity index is 867. The van der Waals surface area contributed by atoms with Gasteiger partial charge in [0.2, 0.25) is 0 Å². The Balaban J connectivity index is 1.71. The summed E-state index contributed by atoms with van der Waals surface area (Å²) in [4.78, 5) is 16.4. The van der Waals surface area contributed by atoms with Crippen LogP contribution in [0.15, 0.2) is 38.5 Å². The van der Waals surface area contributed by atoms with E-state index in [1.807, 2.05) is 5.48 Å². The molecule has 0 bridgehead atoms. The van der Waals surface area contributed by atoms with Crippen molar-refractivity contribution in [1.82, 2.24) is 16.0 Å². The smallest absolute Gasteiger partial charge is 0.319 e. The minimum atomic E-state index is -0.465. The Morgan fingerprint density at radius 1 is 1.32 bits per heavy atom. The van der Waals surface area contributed by atoms with E-state index in [2.05, 4.69) is 36.7 Å². The second kappa shape index (κ2) is 9.13. The fraction of sp³-hybridized carbons (Fsp3) is 0.353. The first-order valence-corrected chi connectivity index (χ1v) is 9.39. The van der Waals surface area contributed by atoms with Gasteiger partial charge in [-0.3, -0.25) is 10.7 Å². The van der Waals surface area contributed by atoms with E-state index in [1.165, 1.54) is 24.5 Å². The van der Waals surface area contributed by atoms with E-state index >= 15 is 0 Å². The molecular formula is C17H19BrFN5O4. The fourth-order valence-electron chi connectivity index (χ4n) is 2.87. The van der Waals surface area contributed by atoms with Gasteiger partial charge in [-0.15, -0.1) is 0 Å². The number of rotatable bonds is 4. The van der Waals surface area contributed by atoms with E-state index in [-0.39, 0.29) is 33.8 Å². The Hall–Kier alpha value is -2.50. The molecule has 1 aliphatic rings. The van der Waals surface area contributed by atoms with Gasteiger partial charge in [-0.05, 0) is 59.8 Å². The summed E-state index contributed by atoms with van der Waals surface area (Å²) in [6, 6.07) is 3.55. The molecule has 28 heavy (non-hydrogen) atoms. The summed E-state index contributed by atoms with van der Waals surface area (Å²) in [6.45, 7) is 0. The van der Waals surface area contributed by atoms with E-state index in [4.69, 9.17) is 4.52 Å². The molecule has 0 spiro atoms. The zero-order valence-electron chi connectivity index (χ0n) is 14.7. The zero-order valence-corrected chi connectivity index (χ0v) is 16.2. The number of nitrogens with one attached hydrogen (secondary N) is 3. The number of halogens is 2. The topological polar surface area (TPSA) is 132 Å². The van der Waals surface area contributed by atoms with Gasteiger partial charge < -0.3 is 20.3 Å². The SMILES string of the molecule is O=C(Nc1conc1C(=Nc1ccc(F)c(Br)c1)NO)NC1CCC(O)CC1. The molecule has 1 saturated carbocycles. The van der Waals surface area contributed by atoms with Crippen LogP contribution in [-0.4, -0.2) is 39.5 Å². The summed E-state index contributed by atoms with van der Waals surface area (Å²) in [5.41, 5.74) is 2.50. The van der Waals surface area contributed by atoms with Crippen molar-refractivity contribution in [2.75, 3.05) is 5.32 Å². The minimum absolute atomic E-state index is 0.0348. The first-order chi connectivity index (χ1) is 13.5. The molecule has 0 saturated heterocycles. The predicted octanol–water partition coefficient (Wildman–Crippen LogP) is 3.06. The summed E-state index contributed by atoms with van der Waals surface area (Å²) in [5, 5.41) is 28.1. The van der Waals surface area contributed by atoms with Crippen molar-refractivity contribution in [1.29, 1.82) is 0 Å². The number of aliphatic hydroxyl groups excluding tert-OH is 1. The van der Waals surface area contributed by atoms with Crippen LogP contribution in [0.25, 0.3) is 0 Å². The Morgan fingerprint density at radius 2 is 2.07 bits per heavy atom. The van der Waals surface area contributed by atoms with Crippen molar-refractivity contribution in [3.8, 4) is 0 Å². The third-order valence-electron chi connectivity index (χ3n) is 4.32. The van der Waals surface area contributed by atoms with Crippen LogP contribution in [0.1, 0.15) is 31.4 Å². The molecule has 2 amide bonds. The number of aliphatic imine (C=N–C) groups is 1. The minimum Gasteiger partial charge on any atom is -0.393 e. The van der Waals surface area contributed by atoms with E-state index in [0.717, 1.165) is 0 Å². The lowest BCUT2D eigenvalue weighted by Gasteiger charge is -2.26. The molecule has 9 nitrogen and oxygen atoms in total. The Labute approximate surface area is 168 Å². The standard InChI is InChI=1S/C17H19BrFN5O4/c18-12-7-10(3-6-13(12)19)20-16(23-27)15-14(8-28-24-15)22-17(26)21-9-1-4-11(25)5-2-9/h3,6-9,11,25,27H,1-2,4-5H2,(H,20,23)(H2,21,22,26). The van der Waals surface area contributed by atoms with Gasteiger partial charge in [-0.2, -0.15) is 0 Å². The molecule has 5 N–H and O–H groups in total. The van der Waals surface area contributed by atoms with Crippen molar-refractivity contribution in [2.45, 2.75) is 37.8 Å². The van der Waals surface area contributed by atoms with Crippen LogP contribution in [0, 0.1) is 5.82 Å². The lowest BCUT2D eigenvalue weighted by atomic mass is 9.93. The average molecular weight is 456 g/mol. The van der Waals surface area contributed by atoms with Crippen molar-refractivity contribution >= 4 is 39.2 Å². The van der Waals surface area contributed by atoms with Gasteiger partial charge in [0.25, 0.3) is 0 Å². The Morgan fingerprint density at radius 3 is 2.75 bits per heavy atom. The second-order valence-corrected chi connectivity index (χ2v) is 7.21. The number of benzene rings is 1. The maximum absolute atomic E-state index is 13.4. The lowest BCUT2D eigenvalue weighted by molar-refractivity contribution is 0.118. The molecule has 1 fully saturated rings. The van der Waals surface area contributed by atoms with Gasteiger partial charge in [0, 0.05) is 6.04 Å². The van der Waals surface area contributed by atoms with Gasteiger partial charge in [0.05, 0.1) is 16.3 Å². The molecular weight excluding hydrogens is 437 g/mol. The summed E-state index contributed by atoms with van der Waals surface area (Å²) in [5.74, 6) is -0.545. The van der Waals surface area contributed by atoms with Crippen LogP contribution >= 0.6 is 15.9 Å². The third-order valence-corrected chi connectivity index (χ3v) is 4.93. The maximum Gasteiger partial charge on any atom is 0.319 e. The molecule has 11 heteroatoms. The van der Waals surface area contributed by atoms with Crippen LogP contribution in [0.4, 0.5) is 20.6 Å². The van der Waals surface area contributed by atoms with E-state index in [0.29, 0.717) is 31.4 Å². The molecule has 0 unspecified atom stereocenters. The summed E-state index contributed by atoms with van der Waals surface area (Å²) < 4.78 is 18.5. The number of amides is 2. The van der Waals surface area contributed by atoms with E-state index in [1.54, 1.807) is 0 Å². The number of aromatic nitrogens is 1. The van der Waals surface area contributed by atoms with Gasteiger partial charge in [-0.25, -0.2) is 14.2 Å². The highest BCUT2D eigenvalue weighted by molar-refractivity contribution is 9.10. The van der Waals surface area contributed by atoms with Crippen LogP contribution in [-0.2, 0) is 0 Å². The summed E-state index contributed by atoms with van der Waals surface area (Å²) >= 11 is 3.06. The summed E-state index contributed by atoms with van der Waals surface area (Å²) in [7, 11) is 0. The molecule has 1 aromatic carbocycles.